The minimum absolute atomic E-state index is 0.519. The highest BCUT2D eigenvalue weighted by atomic mass is 14.6. The fourth-order valence-electron chi connectivity index (χ4n) is 4.72. The zero-order chi connectivity index (χ0) is 11.0. The third kappa shape index (κ3) is 0.898. The van der Waals surface area contributed by atoms with E-state index in [0.29, 0.717) is 5.41 Å². The van der Waals surface area contributed by atoms with Crippen LogP contribution in [0.4, 0.5) is 0 Å². The molecule has 1 fully saturated rings. The topological polar surface area (TPSA) is 0 Å². The molecule has 0 amide bonds. The van der Waals surface area contributed by atoms with Crippen LogP contribution in [-0.2, 0) is 0 Å². The summed E-state index contributed by atoms with van der Waals surface area (Å²) >= 11 is 0. The van der Waals surface area contributed by atoms with E-state index in [-0.39, 0.29) is 0 Å². The van der Waals surface area contributed by atoms with Crippen molar-refractivity contribution in [3.05, 3.63) is 23.3 Å². The molecule has 3 aliphatic rings. The van der Waals surface area contributed by atoms with Gasteiger partial charge in [0.05, 0.1) is 0 Å². The first kappa shape index (κ1) is 9.69. The van der Waals surface area contributed by atoms with Crippen molar-refractivity contribution in [2.45, 2.75) is 34.6 Å². The molecule has 5 unspecified atom stereocenters. The SMILES string of the molecule is CC1=C(C)C2C(C1C)C1C=CC2C1(C)C. The van der Waals surface area contributed by atoms with Gasteiger partial charge in [0, 0.05) is 0 Å². The number of hydrogen-bond acceptors (Lipinski definition) is 0. The van der Waals surface area contributed by atoms with Gasteiger partial charge in [0.1, 0.15) is 0 Å². The Morgan fingerprint density at radius 2 is 1.60 bits per heavy atom. The van der Waals surface area contributed by atoms with Crippen LogP contribution in [0.5, 0.6) is 0 Å². The first-order valence-electron chi connectivity index (χ1n) is 6.32. The highest BCUT2D eigenvalue weighted by Gasteiger charge is 2.60. The van der Waals surface area contributed by atoms with Crippen molar-refractivity contribution in [1.82, 2.24) is 0 Å². The lowest BCUT2D eigenvalue weighted by atomic mass is 9.76. The molecular formula is C15H22. The van der Waals surface area contributed by atoms with Gasteiger partial charge in [-0.2, -0.15) is 0 Å². The summed E-state index contributed by atoms with van der Waals surface area (Å²) in [5, 5.41) is 0. The number of fused-ring (bicyclic) bond motifs is 5. The summed E-state index contributed by atoms with van der Waals surface area (Å²) in [6.07, 6.45) is 5.01. The second kappa shape index (κ2) is 2.59. The van der Waals surface area contributed by atoms with E-state index >= 15 is 0 Å². The molecule has 0 aromatic carbocycles. The van der Waals surface area contributed by atoms with E-state index in [1.165, 1.54) is 0 Å². The maximum atomic E-state index is 2.51. The lowest BCUT2D eigenvalue weighted by Gasteiger charge is -2.28. The molecule has 15 heavy (non-hydrogen) atoms. The first-order valence-corrected chi connectivity index (χ1v) is 6.32. The van der Waals surface area contributed by atoms with Crippen LogP contribution in [-0.4, -0.2) is 0 Å². The van der Waals surface area contributed by atoms with Crippen molar-refractivity contribution < 1.29 is 0 Å². The summed E-state index contributed by atoms with van der Waals surface area (Å²) in [6, 6.07) is 0. The maximum Gasteiger partial charge on any atom is -0.00952 e. The Balaban J connectivity index is 2.10. The summed E-state index contributed by atoms with van der Waals surface area (Å²) in [6.45, 7) is 12.1. The van der Waals surface area contributed by atoms with Gasteiger partial charge in [0.15, 0.2) is 0 Å². The van der Waals surface area contributed by atoms with Crippen molar-refractivity contribution in [1.29, 1.82) is 0 Å². The molecule has 0 saturated heterocycles. The number of hydrogen-bond donors (Lipinski definition) is 0. The Hall–Kier alpha value is -0.520. The monoisotopic (exact) mass is 202 g/mol. The van der Waals surface area contributed by atoms with Gasteiger partial charge in [0.2, 0.25) is 0 Å². The minimum atomic E-state index is 0.519. The van der Waals surface area contributed by atoms with E-state index in [2.05, 4.69) is 46.8 Å². The molecule has 0 radical (unpaired) electrons. The smallest absolute Gasteiger partial charge is 0.00952 e. The zero-order valence-corrected chi connectivity index (χ0v) is 10.5. The lowest BCUT2D eigenvalue weighted by molar-refractivity contribution is 0.239. The van der Waals surface area contributed by atoms with Gasteiger partial charge in [0.25, 0.3) is 0 Å². The summed E-state index contributed by atoms with van der Waals surface area (Å²) < 4.78 is 0. The Bertz CT molecular complexity index is 369. The molecule has 0 aliphatic heterocycles. The zero-order valence-electron chi connectivity index (χ0n) is 10.5. The van der Waals surface area contributed by atoms with Crippen molar-refractivity contribution in [3.63, 3.8) is 0 Å². The second-order valence-corrected chi connectivity index (χ2v) is 6.52. The van der Waals surface area contributed by atoms with Crippen LogP contribution in [0, 0.1) is 35.0 Å². The predicted octanol–water partition coefficient (Wildman–Crippen LogP) is 4.05. The fraction of sp³-hybridized carbons (Fsp3) is 0.733. The van der Waals surface area contributed by atoms with E-state index in [4.69, 9.17) is 0 Å². The molecule has 5 atom stereocenters. The van der Waals surface area contributed by atoms with E-state index < -0.39 is 0 Å². The van der Waals surface area contributed by atoms with E-state index in [9.17, 15) is 0 Å². The number of allylic oxidation sites excluding steroid dienone is 4. The van der Waals surface area contributed by atoms with Crippen molar-refractivity contribution in [2.24, 2.45) is 35.0 Å². The first-order chi connectivity index (χ1) is 6.96. The summed E-state index contributed by atoms with van der Waals surface area (Å²) in [5.41, 5.74) is 3.91. The molecule has 0 aromatic rings. The van der Waals surface area contributed by atoms with Gasteiger partial charge in [-0.25, -0.2) is 0 Å². The van der Waals surface area contributed by atoms with Crippen LogP contribution >= 0.6 is 0 Å². The van der Waals surface area contributed by atoms with E-state index in [0.717, 1.165) is 29.6 Å². The summed E-state index contributed by atoms with van der Waals surface area (Å²) in [4.78, 5) is 0. The van der Waals surface area contributed by atoms with Crippen molar-refractivity contribution in [3.8, 4) is 0 Å². The molecule has 0 N–H and O–H groups in total. The standard InChI is InChI=1S/C15H22/c1-8-9(2)13-11-6-7-12(15(11,4)5)14(13)10(8)3/h6-7,9,11-14H,1-5H3. The molecule has 0 heteroatoms. The Kier molecular flexibility index (Phi) is 1.67. The quantitative estimate of drug-likeness (QED) is 0.520. The highest BCUT2D eigenvalue weighted by molar-refractivity contribution is 5.36. The Morgan fingerprint density at radius 3 is 2.20 bits per heavy atom. The molecule has 3 aliphatic carbocycles. The van der Waals surface area contributed by atoms with Crippen LogP contribution in [0.15, 0.2) is 23.3 Å². The van der Waals surface area contributed by atoms with Crippen LogP contribution in [0.3, 0.4) is 0 Å². The molecule has 82 valence electrons. The van der Waals surface area contributed by atoms with Gasteiger partial charge in [-0.15, -0.1) is 0 Å². The van der Waals surface area contributed by atoms with E-state index in [1.807, 2.05) is 0 Å². The number of rotatable bonds is 0. The van der Waals surface area contributed by atoms with Crippen LogP contribution in [0.2, 0.25) is 0 Å². The average molecular weight is 202 g/mol. The third-order valence-electron chi connectivity index (χ3n) is 5.84. The molecule has 1 saturated carbocycles. The highest BCUT2D eigenvalue weighted by Crippen LogP contribution is 2.66. The van der Waals surface area contributed by atoms with Gasteiger partial charge in [-0.3, -0.25) is 0 Å². The Morgan fingerprint density at radius 1 is 1.00 bits per heavy atom. The van der Waals surface area contributed by atoms with Crippen LogP contribution in [0.25, 0.3) is 0 Å². The maximum absolute atomic E-state index is 2.51. The average Bonchev–Trinajstić information content (AvgIpc) is 2.69. The van der Waals surface area contributed by atoms with Gasteiger partial charge >= 0.3 is 0 Å². The molecule has 0 nitrogen and oxygen atoms in total. The van der Waals surface area contributed by atoms with Gasteiger partial charge in [-0.05, 0) is 48.9 Å². The van der Waals surface area contributed by atoms with E-state index in [1.54, 1.807) is 11.1 Å². The molecule has 0 aromatic heterocycles. The second-order valence-electron chi connectivity index (χ2n) is 6.52. The molecule has 3 rings (SSSR count). The lowest BCUT2D eigenvalue weighted by Crippen LogP contribution is -2.23. The summed E-state index contributed by atoms with van der Waals surface area (Å²) in [5.74, 6) is 4.23. The molecule has 0 heterocycles. The summed E-state index contributed by atoms with van der Waals surface area (Å²) in [7, 11) is 0. The Labute approximate surface area is 93.5 Å². The van der Waals surface area contributed by atoms with Crippen LogP contribution < -0.4 is 0 Å². The molecule has 0 spiro atoms. The third-order valence-corrected chi connectivity index (χ3v) is 5.84. The largest absolute Gasteiger partial charge is 0.0842 e. The predicted molar refractivity (Wildman–Crippen MR) is 64.4 cm³/mol. The van der Waals surface area contributed by atoms with Crippen LogP contribution in [0.1, 0.15) is 34.6 Å². The van der Waals surface area contributed by atoms with Crippen molar-refractivity contribution >= 4 is 0 Å². The fourth-order valence-corrected chi connectivity index (χ4v) is 4.72. The van der Waals surface area contributed by atoms with Gasteiger partial charge < -0.3 is 0 Å². The molecular weight excluding hydrogens is 180 g/mol. The molecule has 2 bridgehead atoms. The minimum Gasteiger partial charge on any atom is -0.0842 e. The van der Waals surface area contributed by atoms with Crippen molar-refractivity contribution in [2.75, 3.05) is 0 Å². The normalized spacial score (nSPS) is 50.3. The van der Waals surface area contributed by atoms with Gasteiger partial charge in [-0.1, -0.05) is 44.1 Å².